The molecule has 1 heterocycles. The number of carbonyl (C=O) groups excluding carboxylic acids is 1. The molecule has 0 aliphatic carbocycles. The van der Waals surface area contributed by atoms with Crippen LogP contribution in [-0.4, -0.2) is 48.0 Å². The monoisotopic (exact) mass is 335 g/mol. The van der Waals surface area contributed by atoms with Gasteiger partial charge in [-0.15, -0.1) is 0 Å². The van der Waals surface area contributed by atoms with Gasteiger partial charge in [-0.1, -0.05) is 0 Å². The molecule has 2 aromatic rings. The summed E-state index contributed by atoms with van der Waals surface area (Å²) >= 11 is 0. The molecule has 24 heavy (non-hydrogen) atoms. The summed E-state index contributed by atoms with van der Waals surface area (Å²) in [6.45, 7) is 1.39. The van der Waals surface area contributed by atoms with E-state index in [0.29, 0.717) is 6.54 Å². The molecule has 2 N–H and O–H groups in total. The number of aromatic nitrogens is 2. The fourth-order valence-electron chi connectivity index (χ4n) is 1.97. The molecule has 0 aliphatic heterocycles. The first-order chi connectivity index (χ1) is 11.5. The van der Waals surface area contributed by atoms with Crippen molar-refractivity contribution in [2.75, 3.05) is 32.5 Å². The largest absolute Gasteiger partial charge is 0.351 e. The smallest absolute Gasteiger partial charge is 0.270 e. The van der Waals surface area contributed by atoms with Crippen LogP contribution in [0.1, 0.15) is 16.9 Å². The molecular weight excluding hydrogens is 316 g/mol. The molecule has 2 rings (SSSR count). The minimum Gasteiger partial charge on any atom is -0.351 e. The lowest BCUT2D eigenvalue weighted by atomic mass is 10.3. The molecule has 0 saturated carbocycles. The Kier molecular flexibility index (Phi) is 6.14. The maximum Gasteiger partial charge on any atom is 0.270 e. The minimum atomic E-state index is -0.747. The van der Waals surface area contributed by atoms with Crippen LogP contribution < -0.4 is 10.6 Å². The number of amides is 1. The van der Waals surface area contributed by atoms with E-state index in [9.17, 15) is 13.6 Å². The van der Waals surface area contributed by atoms with Crippen LogP contribution in [0.15, 0.2) is 30.6 Å². The lowest BCUT2D eigenvalue weighted by Gasteiger charge is -2.10. The summed E-state index contributed by atoms with van der Waals surface area (Å²) in [7, 11) is 3.91. The van der Waals surface area contributed by atoms with Gasteiger partial charge in [-0.2, -0.15) is 0 Å². The number of hydrogen-bond acceptors (Lipinski definition) is 5. The summed E-state index contributed by atoms with van der Waals surface area (Å²) in [5.74, 6) is -1.51. The number of hydrogen-bond donors (Lipinski definition) is 2. The highest BCUT2D eigenvalue weighted by molar-refractivity contribution is 5.92. The molecule has 0 fully saturated rings. The van der Waals surface area contributed by atoms with E-state index in [0.717, 1.165) is 25.1 Å². The van der Waals surface area contributed by atoms with Gasteiger partial charge < -0.3 is 15.5 Å². The normalized spacial score (nSPS) is 10.7. The molecule has 0 bridgehead atoms. The van der Waals surface area contributed by atoms with E-state index in [1.54, 1.807) is 0 Å². The van der Waals surface area contributed by atoms with Crippen molar-refractivity contribution in [2.24, 2.45) is 0 Å². The molecule has 0 saturated heterocycles. The van der Waals surface area contributed by atoms with Gasteiger partial charge in [0.15, 0.2) is 0 Å². The highest BCUT2D eigenvalue weighted by Crippen LogP contribution is 2.19. The van der Waals surface area contributed by atoms with Crippen molar-refractivity contribution >= 4 is 17.4 Å². The Labute approximate surface area is 138 Å². The van der Waals surface area contributed by atoms with Gasteiger partial charge in [0.25, 0.3) is 5.91 Å². The lowest BCUT2D eigenvalue weighted by Crippen LogP contribution is -2.27. The summed E-state index contributed by atoms with van der Waals surface area (Å²) in [6, 6.07) is 4.56. The number of carbonyl (C=O) groups is 1. The van der Waals surface area contributed by atoms with E-state index in [4.69, 9.17) is 0 Å². The summed E-state index contributed by atoms with van der Waals surface area (Å²) in [5.41, 5.74) is 0.229. The third kappa shape index (κ3) is 5.24. The highest BCUT2D eigenvalue weighted by atomic mass is 19.1. The second-order valence-corrected chi connectivity index (χ2v) is 5.45. The van der Waals surface area contributed by atoms with Crippen LogP contribution in [0, 0.1) is 11.6 Å². The van der Waals surface area contributed by atoms with Gasteiger partial charge in [-0.05, 0) is 39.2 Å². The van der Waals surface area contributed by atoms with Crippen LogP contribution >= 0.6 is 0 Å². The predicted molar refractivity (Wildman–Crippen MR) is 87.2 cm³/mol. The molecule has 0 radical (unpaired) electrons. The molecule has 128 valence electrons. The van der Waals surface area contributed by atoms with E-state index in [1.165, 1.54) is 18.5 Å². The zero-order valence-electron chi connectivity index (χ0n) is 13.5. The molecule has 0 aliphatic rings. The number of rotatable bonds is 7. The average Bonchev–Trinajstić information content (AvgIpc) is 2.54. The zero-order chi connectivity index (χ0) is 17.5. The zero-order valence-corrected chi connectivity index (χ0v) is 13.5. The standard InChI is InChI=1S/C16H19F2N5O/c1-23(2)7-3-6-19-16(24)14-9-15(21-10-20-14)22-13-5-4-11(17)8-12(13)18/h4-5,8-10H,3,6-7H2,1-2H3,(H,19,24)(H,20,21,22). The lowest BCUT2D eigenvalue weighted by molar-refractivity contribution is 0.0947. The Balaban J connectivity index is 1.99. The number of nitrogens with one attached hydrogen (secondary N) is 2. The number of benzene rings is 1. The topological polar surface area (TPSA) is 70.2 Å². The van der Waals surface area contributed by atoms with Crippen LogP contribution in [-0.2, 0) is 0 Å². The van der Waals surface area contributed by atoms with Crippen LogP contribution in [0.4, 0.5) is 20.3 Å². The van der Waals surface area contributed by atoms with Crippen molar-refractivity contribution in [1.82, 2.24) is 20.2 Å². The maximum absolute atomic E-state index is 13.6. The Morgan fingerprint density at radius 3 is 2.71 bits per heavy atom. The van der Waals surface area contributed by atoms with Gasteiger partial charge in [-0.3, -0.25) is 4.79 Å². The maximum atomic E-state index is 13.6. The summed E-state index contributed by atoms with van der Waals surface area (Å²) in [4.78, 5) is 21.9. The van der Waals surface area contributed by atoms with E-state index in [2.05, 4.69) is 20.6 Å². The number of nitrogens with zero attached hydrogens (tertiary/aromatic N) is 3. The van der Waals surface area contributed by atoms with E-state index in [-0.39, 0.29) is 23.1 Å². The van der Waals surface area contributed by atoms with Gasteiger partial charge in [0.2, 0.25) is 0 Å². The first-order valence-corrected chi connectivity index (χ1v) is 7.43. The van der Waals surface area contributed by atoms with Gasteiger partial charge in [-0.25, -0.2) is 18.7 Å². The van der Waals surface area contributed by atoms with Gasteiger partial charge >= 0.3 is 0 Å². The van der Waals surface area contributed by atoms with Crippen molar-refractivity contribution in [3.05, 3.63) is 47.9 Å². The molecule has 1 amide bonds. The molecule has 0 unspecified atom stereocenters. The Hall–Kier alpha value is -2.61. The SMILES string of the molecule is CN(C)CCCNC(=O)c1cc(Nc2ccc(F)cc2F)ncn1. The van der Waals surface area contributed by atoms with E-state index < -0.39 is 11.6 Å². The fourth-order valence-corrected chi connectivity index (χ4v) is 1.97. The van der Waals surface area contributed by atoms with Crippen LogP contribution in [0.2, 0.25) is 0 Å². The summed E-state index contributed by atoms with van der Waals surface area (Å²) in [6.07, 6.45) is 2.02. The first kappa shape index (κ1) is 17.7. The molecule has 1 aromatic heterocycles. The van der Waals surface area contributed by atoms with Crippen molar-refractivity contribution in [2.45, 2.75) is 6.42 Å². The second kappa shape index (κ2) is 8.30. The molecule has 0 atom stereocenters. The quantitative estimate of drug-likeness (QED) is 0.759. The molecule has 8 heteroatoms. The molecular formula is C16H19F2N5O. The Bertz CT molecular complexity index is 709. The summed E-state index contributed by atoms with van der Waals surface area (Å²) in [5, 5.41) is 5.45. The van der Waals surface area contributed by atoms with Crippen molar-refractivity contribution in [3.8, 4) is 0 Å². The van der Waals surface area contributed by atoms with Crippen molar-refractivity contribution in [3.63, 3.8) is 0 Å². The Morgan fingerprint density at radius 1 is 1.21 bits per heavy atom. The van der Waals surface area contributed by atoms with Gasteiger partial charge in [0.1, 0.15) is 29.5 Å². The number of halogens is 2. The average molecular weight is 335 g/mol. The third-order valence-corrected chi connectivity index (χ3v) is 3.16. The number of anilines is 2. The summed E-state index contributed by atoms with van der Waals surface area (Å²) < 4.78 is 26.5. The van der Waals surface area contributed by atoms with Crippen LogP contribution in [0.3, 0.4) is 0 Å². The molecule has 1 aromatic carbocycles. The van der Waals surface area contributed by atoms with Crippen LogP contribution in [0.25, 0.3) is 0 Å². The Morgan fingerprint density at radius 2 is 2.00 bits per heavy atom. The third-order valence-electron chi connectivity index (χ3n) is 3.16. The first-order valence-electron chi connectivity index (χ1n) is 7.43. The second-order valence-electron chi connectivity index (χ2n) is 5.45. The minimum absolute atomic E-state index is 0.0624. The molecule has 0 spiro atoms. The predicted octanol–water partition coefficient (Wildman–Crippen LogP) is 2.18. The van der Waals surface area contributed by atoms with Crippen LogP contribution in [0.5, 0.6) is 0 Å². The van der Waals surface area contributed by atoms with Gasteiger partial charge in [0.05, 0.1) is 5.69 Å². The van der Waals surface area contributed by atoms with Gasteiger partial charge in [0, 0.05) is 18.7 Å². The molecule has 6 nitrogen and oxygen atoms in total. The van der Waals surface area contributed by atoms with Crippen molar-refractivity contribution < 1.29 is 13.6 Å². The highest BCUT2D eigenvalue weighted by Gasteiger charge is 2.10. The fraction of sp³-hybridized carbons (Fsp3) is 0.312. The van der Waals surface area contributed by atoms with Crippen molar-refractivity contribution in [1.29, 1.82) is 0 Å². The van der Waals surface area contributed by atoms with E-state index in [1.807, 2.05) is 19.0 Å². The van der Waals surface area contributed by atoms with E-state index >= 15 is 0 Å².